The molecule has 38 heavy (non-hydrogen) atoms. The molecule has 7 nitrogen and oxygen atoms in total. The molecule has 2 aliphatic heterocycles. The van der Waals surface area contributed by atoms with Crippen LogP contribution in [0, 0.1) is 5.82 Å². The van der Waals surface area contributed by atoms with Gasteiger partial charge >= 0.3 is 0 Å². The minimum absolute atomic E-state index is 0.175. The van der Waals surface area contributed by atoms with Gasteiger partial charge in [-0.1, -0.05) is 54.1 Å². The Balaban J connectivity index is 1.41. The lowest BCUT2D eigenvalue weighted by Gasteiger charge is -2.31. The average Bonchev–Trinajstić information content (AvgIpc) is 3.63. The monoisotopic (exact) mass is 554 g/mol. The molecule has 1 atom stereocenters. The Kier molecular flexibility index (Phi) is 8.48. The normalized spacial score (nSPS) is 17.9. The standard InChI is InChI=1S/C28H28ClFN4O3S/c29-22-8-3-1-6-20(22)24-18-25(21-7-2-4-9-23(21)30)34(31-24)27(35)19-33(28(36)26-10-5-17-38-26)12-11-32-13-15-37-16-14-32/h1-10,17,25H,11-16,18-19H2. The molecular formula is C28H28ClFN4O3S. The number of halogens is 2. The number of nitrogens with zero attached hydrogens (tertiary/aromatic N) is 4. The van der Waals surface area contributed by atoms with E-state index in [0.717, 1.165) is 13.1 Å². The lowest BCUT2D eigenvalue weighted by molar-refractivity contribution is -0.133. The van der Waals surface area contributed by atoms with Crippen molar-refractivity contribution in [3.05, 3.63) is 92.9 Å². The number of hydrogen-bond acceptors (Lipinski definition) is 6. The number of benzene rings is 2. The summed E-state index contributed by atoms with van der Waals surface area (Å²) >= 11 is 7.77. The molecule has 0 bridgehead atoms. The summed E-state index contributed by atoms with van der Waals surface area (Å²) in [4.78, 5) is 31.5. The molecule has 10 heteroatoms. The number of carbonyl (C=O) groups excluding carboxylic acids is 2. The Morgan fingerprint density at radius 2 is 1.84 bits per heavy atom. The molecule has 0 radical (unpaired) electrons. The molecule has 5 rings (SSSR count). The van der Waals surface area contributed by atoms with Gasteiger partial charge in [-0.3, -0.25) is 14.5 Å². The van der Waals surface area contributed by atoms with Crippen LogP contribution in [-0.4, -0.2) is 78.3 Å². The summed E-state index contributed by atoms with van der Waals surface area (Å²) in [6, 6.07) is 16.6. The van der Waals surface area contributed by atoms with Crippen LogP contribution in [0.1, 0.15) is 33.3 Å². The number of rotatable bonds is 8. The molecule has 0 spiro atoms. The van der Waals surface area contributed by atoms with E-state index in [1.54, 1.807) is 35.2 Å². The lowest BCUT2D eigenvalue weighted by Crippen LogP contribution is -2.46. The highest BCUT2D eigenvalue weighted by molar-refractivity contribution is 7.12. The van der Waals surface area contributed by atoms with Crippen LogP contribution in [0.15, 0.2) is 71.1 Å². The van der Waals surface area contributed by atoms with Crippen molar-refractivity contribution in [2.45, 2.75) is 12.5 Å². The first-order valence-corrected chi connectivity index (χ1v) is 13.8. The first kappa shape index (κ1) is 26.5. The largest absolute Gasteiger partial charge is 0.379 e. The van der Waals surface area contributed by atoms with E-state index in [1.165, 1.54) is 22.4 Å². The highest BCUT2D eigenvalue weighted by Crippen LogP contribution is 2.35. The maximum Gasteiger partial charge on any atom is 0.264 e. The predicted molar refractivity (Wildman–Crippen MR) is 146 cm³/mol. The van der Waals surface area contributed by atoms with Gasteiger partial charge in [-0.2, -0.15) is 5.10 Å². The Hall–Kier alpha value is -3.11. The molecule has 2 aromatic carbocycles. The molecule has 1 fully saturated rings. The molecule has 1 unspecified atom stereocenters. The van der Waals surface area contributed by atoms with Crippen LogP contribution >= 0.6 is 22.9 Å². The third-order valence-corrected chi connectivity index (χ3v) is 7.94. The molecule has 1 aromatic heterocycles. The molecule has 2 amide bonds. The second kappa shape index (κ2) is 12.2. The fraction of sp³-hybridized carbons (Fsp3) is 0.321. The summed E-state index contributed by atoms with van der Waals surface area (Å²) in [7, 11) is 0. The van der Waals surface area contributed by atoms with E-state index in [9.17, 15) is 14.0 Å². The second-order valence-electron chi connectivity index (χ2n) is 9.16. The fourth-order valence-electron chi connectivity index (χ4n) is 4.72. The molecule has 3 aromatic rings. The Morgan fingerprint density at radius 3 is 2.58 bits per heavy atom. The Labute approximate surface area is 230 Å². The van der Waals surface area contributed by atoms with Crippen molar-refractivity contribution >= 4 is 40.5 Å². The number of hydrogen-bond donors (Lipinski definition) is 0. The minimum atomic E-state index is -0.645. The maximum atomic E-state index is 14.9. The van der Waals surface area contributed by atoms with Gasteiger partial charge in [0.15, 0.2) is 0 Å². The second-order valence-corrected chi connectivity index (χ2v) is 10.5. The van der Waals surface area contributed by atoms with E-state index >= 15 is 0 Å². The van der Waals surface area contributed by atoms with Gasteiger partial charge in [-0.25, -0.2) is 9.40 Å². The Morgan fingerprint density at radius 1 is 1.08 bits per heavy atom. The smallest absolute Gasteiger partial charge is 0.264 e. The molecule has 0 N–H and O–H groups in total. The number of hydrazone groups is 1. The zero-order chi connectivity index (χ0) is 26.5. The van der Waals surface area contributed by atoms with Crippen LogP contribution in [0.25, 0.3) is 0 Å². The van der Waals surface area contributed by atoms with Gasteiger partial charge in [0.25, 0.3) is 11.8 Å². The van der Waals surface area contributed by atoms with Crippen LogP contribution in [0.4, 0.5) is 4.39 Å². The molecule has 198 valence electrons. The zero-order valence-corrected chi connectivity index (χ0v) is 22.3. The van der Waals surface area contributed by atoms with Crippen LogP contribution in [0.3, 0.4) is 0 Å². The van der Waals surface area contributed by atoms with Gasteiger partial charge in [0.05, 0.1) is 29.8 Å². The van der Waals surface area contributed by atoms with E-state index in [0.29, 0.717) is 59.5 Å². The van der Waals surface area contributed by atoms with Gasteiger partial charge < -0.3 is 9.64 Å². The van der Waals surface area contributed by atoms with Gasteiger partial charge in [-0.15, -0.1) is 11.3 Å². The van der Waals surface area contributed by atoms with Crippen LogP contribution in [0.2, 0.25) is 5.02 Å². The maximum absolute atomic E-state index is 14.9. The van der Waals surface area contributed by atoms with Crippen molar-refractivity contribution in [3.63, 3.8) is 0 Å². The van der Waals surface area contributed by atoms with Crippen molar-refractivity contribution < 1.29 is 18.7 Å². The summed E-state index contributed by atoms with van der Waals surface area (Å²) < 4.78 is 20.3. The molecule has 1 saturated heterocycles. The lowest BCUT2D eigenvalue weighted by atomic mass is 9.98. The van der Waals surface area contributed by atoms with E-state index < -0.39 is 11.9 Å². The van der Waals surface area contributed by atoms with E-state index in [2.05, 4.69) is 10.0 Å². The van der Waals surface area contributed by atoms with Gasteiger partial charge in [0.1, 0.15) is 12.4 Å². The number of thiophene rings is 1. The molecule has 0 aliphatic carbocycles. The van der Waals surface area contributed by atoms with Crippen molar-refractivity contribution in [1.29, 1.82) is 0 Å². The van der Waals surface area contributed by atoms with Crippen molar-refractivity contribution in [1.82, 2.24) is 14.8 Å². The van der Waals surface area contributed by atoms with Crippen LogP contribution < -0.4 is 0 Å². The average molecular weight is 555 g/mol. The topological polar surface area (TPSA) is 65.5 Å². The quantitative estimate of drug-likeness (QED) is 0.405. The SMILES string of the molecule is O=C(c1cccs1)N(CCN1CCOCC1)CC(=O)N1N=C(c2ccccc2Cl)CC1c1ccccc1F. The number of carbonyl (C=O) groups is 2. The molecule has 2 aliphatic rings. The first-order valence-electron chi connectivity index (χ1n) is 12.5. The van der Waals surface area contributed by atoms with Crippen molar-refractivity contribution in [2.75, 3.05) is 45.9 Å². The molecule has 0 saturated carbocycles. The molecular weight excluding hydrogens is 527 g/mol. The number of morpholine rings is 1. The number of amides is 2. The first-order chi connectivity index (χ1) is 18.5. The summed E-state index contributed by atoms with van der Waals surface area (Å²) in [5, 5.41) is 8.29. The van der Waals surface area contributed by atoms with E-state index in [1.807, 2.05) is 29.6 Å². The summed E-state index contributed by atoms with van der Waals surface area (Å²) in [5.74, 6) is -1.00. The van der Waals surface area contributed by atoms with Gasteiger partial charge in [0.2, 0.25) is 0 Å². The predicted octanol–water partition coefficient (Wildman–Crippen LogP) is 4.69. The van der Waals surface area contributed by atoms with Gasteiger partial charge in [-0.05, 0) is 23.6 Å². The summed E-state index contributed by atoms with van der Waals surface area (Å²) in [6.45, 7) is 3.68. The summed E-state index contributed by atoms with van der Waals surface area (Å²) in [5.41, 5.74) is 1.67. The van der Waals surface area contributed by atoms with Crippen LogP contribution in [-0.2, 0) is 9.53 Å². The van der Waals surface area contributed by atoms with Crippen LogP contribution in [0.5, 0.6) is 0 Å². The van der Waals surface area contributed by atoms with E-state index in [-0.39, 0.29) is 18.4 Å². The van der Waals surface area contributed by atoms with Crippen molar-refractivity contribution in [3.8, 4) is 0 Å². The zero-order valence-electron chi connectivity index (χ0n) is 20.8. The number of ether oxygens (including phenoxy) is 1. The van der Waals surface area contributed by atoms with Crippen molar-refractivity contribution in [2.24, 2.45) is 5.10 Å². The minimum Gasteiger partial charge on any atom is -0.379 e. The summed E-state index contributed by atoms with van der Waals surface area (Å²) in [6.07, 6.45) is 0.309. The Bertz CT molecular complexity index is 1310. The highest BCUT2D eigenvalue weighted by atomic mass is 35.5. The fourth-order valence-corrected chi connectivity index (χ4v) is 5.65. The van der Waals surface area contributed by atoms with Gasteiger partial charge in [0, 0.05) is 48.7 Å². The highest BCUT2D eigenvalue weighted by Gasteiger charge is 2.36. The third kappa shape index (κ3) is 5.96. The third-order valence-electron chi connectivity index (χ3n) is 6.75. The molecule has 3 heterocycles. The van der Waals surface area contributed by atoms with E-state index in [4.69, 9.17) is 16.3 Å².